The highest BCUT2D eigenvalue weighted by Gasteiger charge is 2.07. The van der Waals surface area contributed by atoms with E-state index in [0.29, 0.717) is 6.54 Å². The Labute approximate surface area is 141 Å². The predicted octanol–water partition coefficient (Wildman–Crippen LogP) is 3.59. The van der Waals surface area contributed by atoms with Crippen LogP contribution < -0.4 is 10.6 Å². The van der Waals surface area contributed by atoms with E-state index < -0.39 is 0 Å². The molecule has 4 nitrogen and oxygen atoms in total. The molecule has 0 aliphatic carbocycles. The van der Waals surface area contributed by atoms with E-state index in [2.05, 4.69) is 10.6 Å². The van der Waals surface area contributed by atoms with Gasteiger partial charge in [0.15, 0.2) is 0 Å². The lowest BCUT2D eigenvalue weighted by atomic mass is 10.0. The van der Waals surface area contributed by atoms with Gasteiger partial charge in [0, 0.05) is 24.5 Å². The third kappa shape index (κ3) is 5.96. The van der Waals surface area contributed by atoms with E-state index in [1.54, 1.807) is 11.8 Å². The molecule has 0 fully saturated rings. The minimum Gasteiger partial charge on any atom is -0.396 e. The van der Waals surface area contributed by atoms with Crippen LogP contribution in [0, 0.1) is 0 Å². The number of hydrogen-bond donors (Lipinski definition) is 3. The van der Waals surface area contributed by atoms with Gasteiger partial charge in [-0.1, -0.05) is 48.5 Å². The van der Waals surface area contributed by atoms with Gasteiger partial charge in [-0.05, 0) is 23.8 Å². The van der Waals surface area contributed by atoms with Gasteiger partial charge in [0.2, 0.25) is 0 Å². The number of hydrogen-bond acceptors (Lipinski definition) is 3. The molecule has 2 aromatic rings. The van der Waals surface area contributed by atoms with Gasteiger partial charge in [-0.25, -0.2) is 4.79 Å². The molecule has 0 bridgehead atoms. The van der Waals surface area contributed by atoms with Crippen LogP contribution in [0.25, 0.3) is 11.1 Å². The second-order valence-corrected chi connectivity index (χ2v) is 6.21. The first-order valence-corrected chi connectivity index (χ1v) is 8.84. The molecule has 0 aromatic heterocycles. The van der Waals surface area contributed by atoms with Crippen LogP contribution >= 0.6 is 11.8 Å². The highest BCUT2D eigenvalue weighted by atomic mass is 32.2. The number of carbonyl (C=O) groups excluding carboxylic acids is 1. The first-order chi connectivity index (χ1) is 11.3. The molecule has 122 valence electrons. The number of aliphatic hydroxyl groups excluding tert-OH is 1. The molecule has 2 rings (SSSR count). The molecule has 3 N–H and O–H groups in total. The van der Waals surface area contributed by atoms with Crippen LogP contribution in [0.1, 0.15) is 6.42 Å². The van der Waals surface area contributed by atoms with E-state index in [1.165, 1.54) is 0 Å². The van der Waals surface area contributed by atoms with Crippen molar-refractivity contribution in [2.45, 2.75) is 6.42 Å². The number of thioether (sulfide) groups is 1. The lowest BCUT2D eigenvalue weighted by Crippen LogP contribution is -2.30. The maximum atomic E-state index is 12.0. The van der Waals surface area contributed by atoms with Crippen molar-refractivity contribution in [2.75, 3.05) is 30.0 Å². The lowest BCUT2D eigenvalue weighted by molar-refractivity contribution is 0.252. The first-order valence-electron chi connectivity index (χ1n) is 7.69. The summed E-state index contributed by atoms with van der Waals surface area (Å²) in [6.07, 6.45) is 0.793. The van der Waals surface area contributed by atoms with E-state index in [-0.39, 0.29) is 12.6 Å². The zero-order chi connectivity index (χ0) is 16.3. The largest absolute Gasteiger partial charge is 0.396 e. The minimum atomic E-state index is -0.198. The Morgan fingerprint density at radius 3 is 2.52 bits per heavy atom. The Kier molecular flexibility index (Phi) is 7.49. The van der Waals surface area contributed by atoms with E-state index in [4.69, 9.17) is 5.11 Å². The summed E-state index contributed by atoms with van der Waals surface area (Å²) in [5.74, 6) is 1.75. The number of rotatable bonds is 8. The second kappa shape index (κ2) is 9.92. The summed E-state index contributed by atoms with van der Waals surface area (Å²) >= 11 is 1.72. The molecule has 2 amide bonds. The highest BCUT2D eigenvalue weighted by molar-refractivity contribution is 7.99. The Bertz CT molecular complexity index is 605. The van der Waals surface area contributed by atoms with Crippen molar-refractivity contribution in [3.05, 3.63) is 54.6 Å². The third-order valence-electron chi connectivity index (χ3n) is 3.24. The fraction of sp³-hybridized carbons (Fsp3) is 0.278. The summed E-state index contributed by atoms with van der Waals surface area (Å²) in [6.45, 7) is 0.826. The molecule has 2 aromatic carbocycles. The number of anilines is 1. The highest BCUT2D eigenvalue weighted by Crippen LogP contribution is 2.27. The van der Waals surface area contributed by atoms with Crippen LogP contribution in [0.5, 0.6) is 0 Å². The van der Waals surface area contributed by atoms with Gasteiger partial charge in [-0.3, -0.25) is 0 Å². The Hall–Kier alpha value is -1.98. The maximum Gasteiger partial charge on any atom is 0.319 e. The van der Waals surface area contributed by atoms with Crippen LogP contribution in [0.2, 0.25) is 0 Å². The molecule has 23 heavy (non-hydrogen) atoms. The molecule has 0 radical (unpaired) electrons. The number of benzene rings is 2. The van der Waals surface area contributed by atoms with Gasteiger partial charge >= 0.3 is 6.03 Å². The predicted molar refractivity (Wildman–Crippen MR) is 97.9 cm³/mol. The van der Waals surface area contributed by atoms with Gasteiger partial charge in [-0.15, -0.1) is 0 Å². The number of nitrogens with one attached hydrogen (secondary N) is 2. The van der Waals surface area contributed by atoms with E-state index >= 15 is 0 Å². The molecule has 0 heterocycles. The Balaban J connectivity index is 1.87. The van der Waals surface area contributed by atoms with Crippen LogP contribution in [-0.4, -0.2) is 35.8 Å². The number of carbonyl (C=O) groups is 1. The van der Waals surface area contributed by atoms with Crippen LogP contribution in [-0.2, 0) is 0 Å². The number of amides is 2. The normalized spacial score (nSPS) is 10.3. The van der Waals surface area contributed by atoms with Gasteiger partial charge in [-0.2, -0.15) is 11.8 Å². The molecule has 0 aliphatic heterocycles. The fourth-order valence-electron chi connectivity index (χ4n) is 2.13. The van der Waals surface area contributed by atoms with Crippen molar-refractivity contribution in [1.29, 1.82) is 0 Å². The molecule has 5 heteroatoms. The van der Waals surface area contributed by atoms with Crippen molar-refractivity contribution in [3.63, 3.8) is 0 Å². The summed E-state index contributed by atoms with van der Waals surface area (Å²) in [4.78, 5) is 12.0. The molecule has 0 aliphatic rings. The zero-order valence-corrected chi connectivity index (χ0v) is 13.8. The monoisotopic (exact) mass is 330 g/mol. The lowest BCUT2D eigenvalue weighted by Gasteiger charge is -2.12. The smallest absolute Gasteiger partial charge is 0.319 e. The van der Waals surface area contributed by atoms with E-state index in [0.717, 1.165) is 34.7 Å². The van der Waals surface area contributed by atoms with Crippen LogP contribution in [0.4, 0.5) is 10.5 Å². The Morgan fingerprint density at radius 1 is 1.00 bits per heavy atom. The van der Waals surface area contributed by atoms with Gasteiger partial charge < -0.3 is 15.7 Å². The SMILES string of the molecule is O=C(NCCSCCCO)Nc1ccccc1-c1ccccc1. The van der Waals surface area contributed by atoms with Gasteiger partial charge in [0.1, 0.15) is 0 Å². The van der Waals surface area contributed by atoms with Crippen molar-refractivity contribution >= 4 is 23.5 Å². The van der Waals surface area contributed by atoms with Crippen molar-refractivity contribution in [2.24, 2.45) is 0 Å². The van der Waals surface area contributed by atoms with Crippen molar-refractivity contribution in [1.82, 2.24) is 5.32 Å². The summed E-state index contributed by atoms with van der Waals surface area (Å²) in [7, 11) is 0. The molecule has 0 unspecified atom stereocenters. The molecule has 0 atom stereocenters. The van der Waals surface area contributed by atoms with Crippen molar-refractivity contribution in [3.8, 4) is 11.1 Å². The molecule has 0 saturated heterocycles. The van der Waals surface area contributed by atoms with Gasteiger partial charge in [0.05, 0.1) is 5.69 Å². The van der Waals surface area contributed by atoms with Gasteiger partial charge in [0.25, 0.3) is 0 Å². The standard InChI is InChI=1S/C18H22N2O2S/c21-12-6-13-23-14-11-19-18(22)20-17-10-5-4-9-16(17)15-7-2-1-3-8-15/h1-5,7-10,21H,6,11-14H2,(H2,19,20,22). The first kappa shape index (κ1) is 17.4. The summed E-state index contributed by atoms with van der Waals surface area (Å²) in [6, 6.07) is 17.6. The minimum absolute atomic E-state index is 0.198. The number of urea groups is 1. The molecular formula is C18H22N2O2S. The third-order valence-corrected chi connectivity index (χ3v) is 4.31. The second-order valence-electron chi connectivity index (χ2n) is 4.98. The molecule has 0 spiro atoms. The van der Waals surface area contributed by atoms with E-state index in [9.17, 15) is 4.79 Å². The average Bonchev–Trinajstić information content (AvgIpc) is 2.59. The molecule has 0 saturated carbocycles. The fourth-order valence-corrected chi connectivity index (χ4v) is 2.92. The summed E-state index contributed by atoms with van der Waals surface area (Å²) < 4.78 is 0. The van der Waals surface area contributed by atoms with E-state index in [1.807, 2.05) is 54.6 Å². The van der Waals surface area contributed by atoms with Crippen LogP contribution in [0.3, 0.4) is 0 Å². The average molecular weight is 330 g/mol. The number of aliphatic hydroxyl groups is 1. The van der Waals surface area contributed by atoms with Crippen LogP contribution in [0.15, 0.2) is 54.6 Å². The topological polar surface area (TPSA) is 61.4 Å². The Morgan fingerprint density at radius 2 is 1.74 bits per heavy atom. The summed E-state index contributed by atoms with van der Waals surface area (Å²) in [5.41, 5.74) is 2.87. The summed E-state index contributed by atoms with van der Waals surface area (Å²) in [5, 5.41) is 14.5. The molecular weight excluding hydrogens is 308 g/mol. The maximum absolute atomic E-state index is 12.0. The zero-order valence-electron chi connectivity index (χ0n) is 13.0. The number of para-hydroxylation sites is 1. The quantitative estimate of drug-likeness (QED) is 0.648. The van der Waals surface area contributed by atoms with Crippen molar-refractivity contribution < 1.29 is 9.90 Å².